The Labute approximate surface area is 127 Å². The molecule has 4 rings (SSSR count). The van der Waals surface area contributed by atoms with Crippen LogP contribution in [0.3, 0.4) is 0 Å². The van der Waals surface area contributed by atoms with E-state index in [1.807, 2.05) is 66.7 Å². The fourth-order valence-electron chi connectivity index (χ4n) is 3.20. The van der Waals surface area contributed by atoms with Crippen LogP contribution in [0.4, 0.5) is 0 Å². The summed E-state index contributed by atoms with van der Waals surface area (Å²) in [5.41, 5.74) is 1.81. The molecule has 0 amide bonds. The van der Waals surface area contributed by atoms with Crippen LogP contribution < -0.4 is 4.74 Å². The van der Waals surface area contributed by atoms with E-state index in [-0.39, 0.29) is 4.92 Å². The summed E-state index contributed by atoms with van der Waals surface area (Å²) < 4.78 is 5.64. The summed E-state index contributed by atoms with van der Waals surface area (Å²) in [6, 6.07) is 21.2. The highest BCUT2D eigenvalue weighted by Gasteiger charge is 2.44. The second-order valence-corrected chi connectivity index (χ2v) is 5.38. The van der Waals surface area contributed by atoms with Gasteiger partial charge >= 0.3 is 6.23 Å². The summed E-state index contributed by atoms with van der Waals surface area (Å²) in [7, 11) is 0. The molecule has 22 heavy (non-hydrogen) atoms. The molecular weight excluding hydrogens is 278 g/mol. The number of hydrogen-bond donors (Lipinski definition) is 0. The maximum absolute atomic E-state index is 11.5. The quantitative estimate of drug-likeness (QED) is 0.530. The average Bonchev–Trinajstić information content (AvgIpc) is 2.96. The second kappa shape index (κ2) is 4.84. The first-order valence-corrected chi connectivity index (χ1v) is 7.12. The molecular formula is C18H13NO3. The van der Waals surface area contributed by atoms with Crippen molar-refractivity contribution in [2.45, 2.75) is 12.1 Å². The first-order valence-electron chi connectivity index (χ1n) is 7.12. The molecule has 4 nitrogen and oxygen atoms in total. The van der Waals surface area contributed by atoms with Gasteiger partial charge in [0.05, 0.1) is 4.92 Å². The van der Waals surface area contributed by atoms with Gasteiger partial charge in [-0.3, -0.25) is 10.1 Å². The highest BCUT2D eigenvalue weighted by atomic mass is 16.7. The summed E-state index contributed by atoms with van der Waals surface area (Å²) in [5.74, 6) is 0.214. The molecule has 0 aliphatic carbocycles. The highest BCUT2D eigenvalue weighted by molar-refractivity contribution is 5.89. The van der Waals surface area contributed by atoms with Crippen molar-refractivity contribution in [2.75, 3.05) is 0 Å². The van der Waals surface area contributed by atoms with E-state index in [0.29, 0.717) is 5.75 Å². The lowest BCUT2D eigenvalue weighted by Gasteiger charge is -2.13. The molecule has 108 valence electrons. The summed E-state index contributed by atoms with van der Waals surface area (Å²) in [6.07, 6.45) is -1.08. The van der Waals surface area contributed by atoms with Crippen LogP contribution in [0.1, 0.15) is 17.0 Å². The molecule has 0 aromatic heterocycles. The predicted octanol–water partition coefficient (Wildman–Crippen LogP) is 3.97. The maximum atomic E-state index is 11.5. The molecule has 0 fully saturated rings. The lowest BCUT2D eigenvalue weighted by Crippen LogP contribution is -2.28. The van der Waals surface area contributed by atoms with Crippen molar-refractivity contribution in [3.05, 3.63) is 88.0 Å². The zero-order valence-corrected chi connectivity index (χ0v) is 11.7. The van der Waals surface area contributed by atoms with Gasteiger partial charge in [0, 0.05) is 5.56 Å². The molecule has 0 bridgehead atoms. The Balaban J connectivity index is 2.00. The number of rotatable bonds is 2. The van der Waals surface area contributed by atoms with Crippen LogP contribution in [0.2, 0.25) is 0 Å². The van der Waals surface area contributed by atoms with E-state index in [2.05, 4.69) is 0 Å². The van der Waals surface area contributed by atoms with E-state index in [0.717, 1.165) is 21.9 Å². The first-order chi connectivity index (χ1) is 10.8. The Morgan fingerprint density at radius 2 is 1.64 bits per heavy atom. The topological polar surface area (TPSA) is 52.4 Å². The van der Waals surface area contributed by atoms with E-state index in [1.54, 1.807) is 0 Å². The molecule has 0 saturated carbocycles. The third-order valence-electron chi connectivity index (χ3n) is 4.14. The molecule has 2 atom stereocenters. The number of benzene rings is 3. The number of hydrogen-bond acceptors (Lipinski definition) is 3. The molecule has 3 aromatic carbocycles. The van der Waals surface area contributed by atoms with Crippen molar-refractivity contribution in [2.24, 2.45) is 0 Å². The minimum absolute atomic E-state index is 0.341. The Bertz CT molecular complexity index is 861. The van der Waals surface area contributed by atoms with Crippen molar-refractivity contribution in [1.82, 2.24) is 0 Å². The van der Waals surface area contributed by atoms with Gasteiger partial charge in [0.25, 0.3) is 0 Å². The van der Waals surface area contributed by atoms with E-state index in [9.17, 15) is 10.1 Å². The standard InChI is InChI=1S/C18H13NO3/c20-19(21)18-16(13-7-2-1-3-8-13)17-14-9-5-4-6-12(14)10-11-15(17)22-18/h1-11,16,18H/t16-,18-/m1/s1. The zero-order valence-electron chi connectivity index (χ0n) is 11.7. The zero-order chi connectivity index (χ0) is 15.1. The molecule has 1 heterocycles. The summed E-state index contributed by atoms with van der Waals surface area (Å²) >= 11 is 0. The van der Waals surface area contributed by atoms with Gasteiger partial charge in [-0.1, -0.05) is 60.7 Å². The minimum Gasteiger partial charge on any atom is -0.429 e. The monoisotopic (exact) mass is 291 g/mol. The van der Waals surface area contributed by atoms with Crippen LogP contribution in [0.25, 0.3) is 10.8 Å². The Morgan fingerprint density at radius 3 is 2.41 bits per heavy atom. The van der Waals surface area contributed by atoms with E-state index < -0.39 is 12.1 Å². The molecule has 0 N–H and O–H groups in total. The molecule has 1 aliphatic rings. The molecule has 1 aliphatic heterocycles. The van der Waals surface area contributed by atoms with Crippen LogP contribution in [0, 0.1) is 10.1 Å². The molecule has 0 radical (unpaired) electrons. The van der Waals surface area contributed by atoms with Crippen molar-refractivity contribution in [3.8, 4) is 5.75 Å². The van der Waals surface area contributed by atoms with E-state index in [1.165, 1.54) is 0 Å². The third kappa shape index (κ3) is 1.84. The van der Waals surface area contributed by atoms with Crippen LogP contribution in [-0.4, -0.2) is 11.2 Å². The van der Waals surface area contributed by atoms with Gasteiger partial charge in [0.2, 0.25) is 0 Å². The molecule has 0 unspecified atom stereocenters. The summed E-state index contributed by atoms with van der Waals surface area (Å²) in [4.78, 5) is 11.1. The first kappa shape index (κ1) is 12.8. The third-order valence-corrected chi connectivity index (χ3v) is 4.14. The largest absolute Gasteiger partial charge is 0.429 e. The highest BCUT2D eigenvalue weighted by Crippen LogP contribution is 2.46. The molecule has 0 saturated heterocycles. The fraction of sp³-hybridized carbons (Fsp3) is 0.111. The van der Waals surface area contributed by atoms with Crippen LogP contribution >= 0.6 is 0 Å². The molecule has 0 spiro atoms. The van der Waals surface area contributed by atoms with Crippen molar-refractivity contribution in [3.63, 3.8) is 0 Å². The van der Waals surface area contributed by atoms with Crippen molar-refractivity contribution < 1.29 is 9.66 Å². The van der Waals surface area contributed by atoms with E-state index >= 15 is 0 Å². The van der Waals surface area contributed by atoms with Crippen LogP contribution in [0.5, 0.6) is 5.75 Å². The number of nitrogens with zero attached hydrogens (tertiary/aromatic N) is 1. The van der Waals surface area contributed by atoms with Crippen molar-refractivity contribution >= 4 is 10.8 Å². The lowest BCUT2D eigenvalue weighted by molar-refractivity contribution is -0.562. The van der Waals surface area contributed by atoms with Gasteiger partial charge in [0.1, 0.15) is 11.7 Å². The van der Waals surface area contributed by atoms with Gasteiger partial charge in [-0.2, -0.15) is 0 Å². The van der Waals surface area contributed by atoms with Gasteiger partial charge in [0.15, 0.2) is 0 Å². The second-order valence-electron chi connectivity index (χ2n) is 5.38. The predicted molar refractivity (Wildman–Crippen MR) is 83.6 cm³/mol. The average molecular weight is 291 g/mol. The van der Waals surface area contributed by atoms with E-state index in [4.69, 9.17) is 4.74 Å². The maximum Gasteiger partial charge on any atom is 0.364 e. The van der Waals surface area contributed by atoms with Crippen LogP contribution in [0.15, 0.2) is 66.7 Å². The minimum atomic E-state index is -1.08. The van der Waals surface area contributed by atoms with Gasteiger partial charge in [-0.25, -0.2) is 0 Å². The normalized spacial score (nSPS) is 19.6. The molecule has 4 heteroatoms. The van der Waals surface area contributed by atoms with Crippen molar-refractivity contribution in [1.29, 1.82) is 0 Å². The summed E-state index contributed by atoms with van der Waals surface area (Å²) in [5, 5.41) is 13.5. The molecule has 3 aromatic rings. The van der Waals surface area contributed by atoms with Gasteiger partial charge < -0.3 is 4.74 Å². The summed E-state index contributed by atoms with van der Waals surface area (Å²) in [6.45, 7) is 0. The number of nitro groups is 1. The number of ether oxygens (including phenoxy) is 1. The lowest BCUT2D eigenvalue weighted by atomic mass is 9.88. The Hall–Kier alpha value is -2.88. The Kier molecular flexibility index (Phi) is 2.82. The Morgan fingerprint density at radius 1 is 0.909 bits per heavy atom. The van der Waals surface area contributed by atoms with Gasteiger partial charge in [-0.15, -0.1) is 0 Å². The van der Waals surface area contributed by atoms with Crippen LogP contribution in [-0.2, 0) is 0 Å². The number of fused-ring (bicyclic) bond motifs is 3. The van der Waals surface area contributed by atoms with Gasteiger partial charge in [-0.05, 0) is 22.4 Å². The SMILES string of the molecule is O=[N+]([O-])[C@@H]1Oc2ccc3ccccc3c2[C@H]1c1ccccc1. The fourth-order valence-corrected chi connectivity index (χ4v) is 3.20. The smallest absolute Gasteiger partial charge is 0.364 e.